The van der Waals surface area contributed by atoms with Crippen LogP contribution in [0.5, 0.6) is 0 Å². The van der Waals surface area contributed by atoms with Gasteiger partial charge in [0.25, 0.3) is 0 Å². The highest BCUT2D eigenvalue weighted by molar-refractivity contribution is 5.18. The third kappa shape index (κ3) is 3.46. The molecular weight excluding hydrogens is 248 g/mol. The Morgan fingerprint density at radius 1 is 1.40 bits per heavy atom. The number of rotatable bonds is 5. The van der Waals surface area contributed by atoms with Crippen molar-refractivity contribution in [3.05, 3.63) is 11.6 Å². The molecule has 2 heteroatoms. The van der Waals surface area contributed by atoms with E-state index in [2.05, 4.69) is 33.8 Å². The van der Waals surface area contributed by atoms with Crippen LogP contribution < -0.4 is 0 Å². The van der Waals surface area contributed by atoms with Gasteiger partial charge in [0.15, 0.2) is 0 Å². The van der Waals surface area contributed by atoms with Crippen LogP contribution in [-0.2, 0) is 9.47 Å². The second kappa shape index (κ2) is 6.62. The van der Waals surface area contributed by atoms with Gasteiger partial charge >= 0.3 is 0 Å². The summed E-state index contributed by atoms with van der Waals surface area (Å²) in [4.78, 5) is 0. The molecule has 0 aliphatic heterocycles. The summed E-state index contributed by atoms with van der Waals surface area (Å²) in [6, 6.07) is 0. The Labute approximate surface area is 124 Å². The zero-order chi connectivity index (χ0) is 14.8. The largest absolute Gasteiger partial charge is 0.356 e. The quantitative estimate of drug-likeness (QED) is 0.409. The summed E-state index contributed by atoms with van der Waals surface area (Å²) in [5, 5.41) is 0. The van der Waals surface area contributed by atoms with E-state index in [9.17, 15) is 0 Å². The molecule has 1 saturated carbocycles. The highest BCUT2D eigenvalue weighted by Crippen LogP contribution is 2.51. The fourth-order valence-electron chi connectivity index (χ4n) is 4.19. The Kier molecular flexibility index (Phi) is 5.30. The Bertz CT molecular complexity index is 345. The number of fused-ring (bicyclic) bond motifs is 1. The monoisotopic (exact) mass is 280 g/mol. The molecule has 4 atom stereocenters. The molecule has 2 aliphatic rings. The molecule has 0 N–H and O–H groups in total. The van der Waals surface area contributed by atoms with E-state index < -0.39 is 0 Å². The van der Waals surface area contributed by atoms with Gasteiger partial charge in [0, 0.05) is 6.61 Å². The molecule has 0 bridgehead atoms. The number of hydrogen-bond donors (Lipinski definition) is 0. The Morgan fingerprint density at radius 2 is 2.15 bits per heavy atom. The number of allylic oxidation sites excluding steroid dienone is 2. The van der Waals surface area contributed by atoms with Gasteiger partial charge in [-0.3, -0.25) is 0 Å². The van der Waals surface area contributed by atoms with Crippen molar-refractivity contribution in [2.75, 3.05) is 13.4 Å². The summed E-state index contributed by atoms with van der Waals surface area (Å²) in [5.74, 6) is 2.15. The van der Waals surface area contributed by atoms with Crippen LogP contribution in [0.15, 0.2) is 11.6 Å². The van der Waals surface area contributed by atoms with Gasteiger partial charge in [-0.15, -0.1) is 0 Å². The van der Waals surface area contributed by atoms with E-state index in [-0.39, 0.29) is 0 Å². The molecule has 0 radical (unpaired) electrons. The first kappa shape index (κ1) is 16.0. The molecule has 2 rings (SSSR count). The standard InChI is InChI=1S/C18H32O2/c1-6-19-12-20-14(3)16-11-17-15(10-13(16)2)8-7-9-18(17,4)5/h8,13-14,16-17H,6-7,9-12H2,1-5H3. The SMILES string of the molecule is CCOCOC(C)C1CC2C(=CCCC2(C)C)CC1C. The fraction of sp³-hybridized carbons (Fsp3) is 0.889. The van der Waals surface area contributed by atoms with Gasteiger partial charge < -0.3 is 9.47 Å². The molecule has 0 saturated heterocycles. The molecule has 1 fully saturated rings. The first-order chi connectivity index (χ1) is 9.45. The molecule has 0 aromatic carbocycles. The molecule has 20 heavy (non-hydrogen) atoms. The summed E-state index contributed by atoms with van der Waals surface area (Å²) >= 11 is 0. The zero-order valence-electron chi connectivity index (χ0n) is 13.9. The van der Waals surface area contributed by atoms with E-state index >= 15 is 0 Å². The highest BCUT2D eigenvalue weighted by Gasteiger charge is 2.42. The minimum atomic E-state index is 0.302. The minimum absolute atomic E-state index is 0.302. The van der Waals surface area contributed by atoms with Crippen LogP contribution in [0.4, 0.5) is 0 Å². The first-order valence-electron chi connectivity index (χ1n) is 8.34. The van der Waals surface area contributed by atoms with E-state index in [0.717, 1.165) is 18.4 Å². The summed E-state index contributed by atoms with van der Waals surface area (Å²) < 4.78 is 11.2. The number of hydrogen-bond acceptors (Lipinski definition) is 2. The molecule has 0 aromatic rings. The van der Waals surface area contributed by atoms with Gasteiger partial charge in [-0.05, 0) is 62.7 Å². The lowest BCUT2D eigenvalue weighted by atomic mass is 9.58. The van der Waals surface area contributed by atoms with Crippen LogP contribution in [0.2, 0.25) is 0 Å². The molecule has 0 heterocycles. The van der Waals surface area contributed by atoms with Gasteiger partial charge in [-0.25, -0.2) is 0 Å². The topological polar surface area (TPSA) is 18.5 Å². The van der Waals surface area contributed by atoms with Crippen LogP contribution in [0.3, 0.4) is 0 Å². The lowest BCUT2D eigenvalue weighted by molar-refractivity contribution is -0.111. The second-order valence-electron chi connectivity index (χ2n) is 7.42. The van der Waals surface area contributed by atoms with Crippen LogP contribution in [0.25, 0.3) is 0 Å². The molecule has 2 aliphatic carbocycles. The molecule has 0 aromatic heterocycles. The van der Waals surface area contributed by atoms with Crippen LogP contribution in [0, 0.1) is 23.2 Å². The maximum Gasteiger partial charge on any atom is 0.147 e. The molecule has 0 amide bonds. The van der Waals surface area contributed by atoms with Gasteiger partial charge in [0.05, 0.1) is 6.10 Å². The fourth-order valence-corrected chi connectivity index (χ4v) is 4.19. The van der Waals surface area contributed by atoms with Crippen molar-refractivity contribution in [3.8, 4) is 0 Å². The lowest BCUT2D eigenvalue weighted by Gasteiger charge is -2.48. The van der Waals surface area contributed by atoms with E-state index in [1.165, 1.54) is 25.7 Å². The molecule has 2 nitrogen and oxygen atoms in total. The first-order valence-corrected chi connectivity index (χ1v) is 8.34. The van der Waals surface area contributed by atoms with Crippen molar-refractivity contribution < 1.29 is 9.47 Å². The molecule has 116 valence electrons. The van der Waals surface area contributed by atoms with Crippen molar-refractivity contribution in [1.29, 1.82) is 0 Å². The Hall–Kier alpha value is -0.340. The van der Waals surface area contributed by atoms with Gasteiger partial charge in [-0.1, -0.05) is 32.4 Å². The van der Waals surface area contributed by atoms with Crippen molar-refractivity contribution in [2.24, 2.45) is 23.2 Å². The second-order valence-corrected chi connectivity index (χ2v) is 7.42. The Morgan fingerprint density at radius 3 is 2.85 bits per heavy atom. The zero-order valence-corrected chi connectivity index (χ0v) is 13.9. The Balaban J connectivity index is 2.01. The molecule has 4 unspecified atom stereocenters. The van der Waals surface area contributed by atoms with Gasteiger partial charge in [0.2, 0.25) is 0 Å². The van der Waals surface area contributed by atoms with Gasteiger partial charge in [-0.2, -0.15) is 0 Å². The maximum atomic E-state index is 5.90. The normalized spacial score (nSPS) is 34.2. The van der Waals surface area contributed by atoms with Crippen molar-refractivity contribution >= 4 is 0 Å². The summed E-state index contributed by atoms with van der Waals surface area (Å²) in [5.41, 5.74) is 2.18. The van der Waals surface area contributed by atoms with Crippen LogP contribution >= 0.6 is 0 Å². The molecular formula is C18H32O2. The third-order valence-electron chi connectivity index (χ3n) is 5.60. The predicted molar refractivity (Wildman–Crippen MR) is 83.5 cm³/mol. The van der Waals surface area contributed by atoms with Crippen LogP contribution in [0.1, 0.15) is 60.3 Å². The van der Waals surface area contributed by atoms with E-state index in [1.807, 2.05) is 6.92 Å². The minimum Gasteiger partial charge on any atom is -0.356 e. The smallest absolute Gasteiger partial charge is 0.147 e. The molecule has 0 spiro atoms. The third-order valence-corrected chi connectivity index (χ3v) is 5.60. The summed E-state index contributed by atoms with van der Waals surface area (Å²) in [7, 11) is 0. The van der Waals surface area contributed by atoms with Crippen molar-refractivity contribution in [1.82, 2.24) is 0 Å². The van der Waals surface area contributed by atoms with Crippen molar-refractivity contribution in [3.63, 3.8) is 0 Å². The predicted octanol–water partition coefficient (Wildman–Crippen LogP) is 4.79. The maximum absolute atomic E-state index is 5.90. The van der Waals surface area contributed by atoms with Crippen molar-refractivity contribution in [2.45, 2.75) is 66.4 Å². The van der Waals surface area contributed by atoms with Gasteiger partial charge in [0.1, 0.15) is 6.79 Å². The lowest BCUT2D eigenvalue weighted by Crippen LogP contribution is -2.40. The summed E-state index contributed by atoms with van der Waals surface area (Å²) in [6.07, 6.45) is 7.97. The van der Waals surface area contributed by atoms with E-state index in [1.54, 1.807) is 5.57 Å². The van der Waals surface area contributed by atoms with E-state index in [4.69, 9.17) is 9.47 Å². The highest BCUT2D eigenvalue weighted by atomic mass is 16.7. The summed E-state index contributed by atoms with van der Waals surface area (Å²) in [6.45, 7) is 12.7. The average Bonchev–Trinajstić information content (AvgIpc) is 2.37. The number of ether oxygens (including phenoxy) is 2. The van der Waals surface area contributed by atoms with Crippen LogP contribution in [-0.4, -0.2) is 19.5 Å². The average molecular weight is 280 g/mol. The van der Waals surface area contributed by atoms with E-state index in [0.29, 0.717) is 24.2 Å².